The normalized spacial score (nSPS) is 21.3. The van der Waals surface area contributed by atoms with Gasteiger partial charge in [-0.25, -0.2) is 4.79 Å². The first-order valence-corrected chi connectivity index (χ1v) is 6.98. The van der Waals surface area contributed by atoms with E-state index in [1.54, 1.807) is 4.90 Å². The van der Waals surface area contributed by atoms with Crippen LogP contribution in [0.5, 0.6) is 0 Å². The fourth-order valence-corrected chi connectivity index (χ4v) is 2.53. The highest BCUT2D eigenvalue weighted by molar-refractivity contribution is 5.76. The molecule has 0 spiro atoms. The first kappa shape index (κ1) is 15.8. The van der Waals surface area contributed by atoms with Crippen molar-refractivity contribution >= 4 is 12.0 Å². The third kappa shape index (κ3) is 5.09. The van der Waals surface area contributed by atoms with Crippen LogP contribution >= 0.6 is 0 Å². The van der Waals surface area contributed by atoms with Gasteiger partial charge >= 0.3 is 12.0 Å². The van der Waals surface area contributed by atoms with Crippen molar-refractivity contribution in [3.63, 3.8) is 0 Å². The second-order valence-corrected chi connectivity index (χ2v) is 6.67. The van der Waals surface area contributed by atoms with E-state index in [0.717, 1.165) is 19.4 Å². The number of carboxylic acids is 1. The molecule has 2 amide bonds. The highest BCUT2D eigenvalue weighted by Crippen LogP contribution is 2.24. The smallest absolute Gasteiger partial charge is 0.317 e. The van der Waals surface area contributed by atoms with E-state index in [4.69, 9.17) is 0 Å². The molecule has 19 heavy (non-hydrogen) atoms. The third-order valence-corrected chi connectivity index (χ3v) is 3.52. The monoisotopic (exact) mass is 270 g/mol. The molecule has 1 saturated heterocycles. The zero-order chi connectivity index (χ0) is 14.6. The molecular formula is C14H26N2O3. The lowest BCUT2D eigenvalue weighted by molar-refractivity contribution is -0.142. The standard InChI is InChI=1S/C14H26N2O3/c1-10-6-5-7-16(10)13(19)15-9-11(12(17)18)8-14(2,3)4/h10-11H,5-9H2,1-4H3,(H,15,19)(H,17,18). The molecule has 0 aliphatic carbocycles. The molecule has 2 atom stereocenters. The summed E-state index contributed by atoms with van der Waals surface area (Å²) in [6.07, 6.45) is 2.61. The predicted octanol–water partition coefficient (Wildman–Crippen LogP) is 2.32. The highest BCUT2D eigenvalue weighted by Gasteiger charge is 2.28. The Morgan fingerprint density at radius 3 is 2.47 bits per heavy atom. The van der Waals surface area contributed by atoms with Gasteiger partial charge in [0.15, 0.2) is 0 Å². The van der Waals surface area contributed by atoms with Crippen molar-refractivity contribution in [2.45, 2.75) is 53.0 Å². The lowest BCUT2D eigenvalue weighted by Crippen LogP contribution is -2.44. The lowest BCUT2D eigenvalue weighted by Gasteiger charge is -2.26. The van der Waals surface area contributed by atoms with Crippen LogP contribution in [0.15, 0.2) is 0 Å². The SMILES string of the molecule is CC1CCCN1C(=O)NCC(CC(C)(C)C)C(=O)O. The largest absolute Gasteiger partial charge is 0.481 e. The average molecular weight is 270 g/mol. The molecule has 0 saturated carbocycles. The molecular weight excluding hydrogens is 244 g/mol. The maximum atomic E-state index is 12.0. The lowest BCUT2D eigenvalue weighted by atomic mass is 9.84. The van der Waals surface area contributed by atoms with Gasteiger partial charge in [0.25, 0.3) is 0 Å². The maximum absolute atomic E-state index is 12.0. The van der Waals surface area contributed by atoms with Crippen LogP contribution in [0.25, 0.3) is 0 Å². The number of carbonyl (C=O) groups excluding carboxylic acids is 1. The minimum absolute atomic E-state index is 0.0608. The number of hydrogen-bond donors (Lipinski definition) is 2. The number of hydrogen-bond acceptors (Lipinski definition) is 2. The Morgan fingerprint density at radius 1 is 1.42 bits per heavy atom. The molecule has 1 aliphatic heterocycles. The molecule has 0 aromatic carbocycles. The number of aliphatic carboxylic acids is 1. The first-order chi connectivity index (χ1) is 8.70. The van der Waals surface area contributed by atoms with Crippen molar-refractivity contribution in [1.29, 1.82) is 0 Å². The zero-order valence-corrected chi connectivity index (χ0v) is 12.4. The van der Waals surface area contributed by atoms with Gasteiger partial charge in [0, 0.05) is 19.1 Å². The Labute approximate surface area is 115 Å². The van der Waals surface area contributed by atoms with Crippen molar-refractivity contribution in [3.05, 3.63) is 0 Å². The molecule has 0 radical (unpaired) electrons. The van der Waals surface area contributed by atoms with Gasteiger partial charge in [0.1, 0.15) is 0 Å². The second-order valence-electron chi connectivity index (χ2n) is 6.67. The van der Waals surface area contributed by atoms with E-state index in [9.17, 15) is 14.7 Å². The zero-order valence-electron chi connectivity index (χ0n) is 12.4. The number of nitrogens with one attached hydrogen (secondary N) is 1. The van der Waals surface area contributed by atoms with Crippen molar-refractivity contribution in [2.24, 2.45) is 11.3 Å². The number of rotatable bonds is 4. The van der Waals surface area contributed by atoms with E-state index in [2.05, 4.69) is 5.32 Å². The van der Waals surface area contributed by atoms with E-state index in [1.807, 2.05) is 27.7 Å². The van der Waals surface area contributed by atoms with Crippen LogP contribution in [0.4, 0.5) is 4.79 Å². The van der Waals surface area contributed by atoms with Gasteiger partial charge in [0.2, 0.25) is 0 Å². The van der Waals surface area contributed by atoms with Crippen molar-refractivity contribution in [3.8, 4) is 0 Å². The minimum Gasteiger partial charge on any atom is -0.481 e. The van der Waals surface area contributed by atoms with Gasteiger partial charge in [-0.05, 0) is 31.6 Å². The predicted molar refractivity (Wildman–Crippen MR) is 74.0 cm³/mol. The Kier molecular flexibility index (Phi) is 5.20. The van der Waals surface area contributed by atoms with Crippen LogP contribution < -0.4 is 5.32 Å². The molecule has 5 nitrogen and oxygen atoms in total. The van der Waals surface area contributed by atoms with Crippen LogP contribution in [0, 0.1) is 11.3 Å². The van der Waals surface area contributed by atoms with Crippen molar-refractivity contribution in [1.82, 2.24) is 10.2 Å². The van der Waals surface area contributed by atoms with Gasteiger partial charge in [-0.2, -0.15) is 0 Å². The summed E-state index contributed by atoms with van der Waals surface area (Å²) in [5, 5.41) is 12.0. The maximum Gasteiger partial charge on any atom is 0.317 e. The Bertz CT molecular complexity index is 336. The molecule has 1 rings (SSSR count). The molecule has 0 bridgehead atoms. The first-order valence-electron chi connectivity index (χ1n) is 6.98. The molecule has 0 aromatic heterocycles. The van der Waals surface area contributed by atoms with Crippen LogP contribution in [0.1, 0.15) is 47.0 Å². The van der Waals surface area contributed by atoms with E-state index in [0.29, 0.717) is 6.42 Å². The summed E-state index contributed by atoms with van der Waals surface area (Å²) < 4.78 is 0. The summed E-state index contributed by atoms with van der Waals surface area (Å²) in [7, 11) is 0. The fraction of sp³-hybridized carbons (Fsp3) is 0.857. The summed E-state index contributed by atoms with van der Waals surface area (Å²) in [5.74, 6) is -1.37. The number of nitrogens with zero attached hydrogens (tertiary/aromatic N) is 1. The molecule has 110 valence electrons. The Morgan fingerprint density at radius 2 is 2.05 bits per heavy atom. The van der Waals surface area contributed by atoms with Gasteiger partial charge in [0.05, 0.1) is 5.92 Å². The summed E-state index contributed by atoms with van der Waals surface area (Å²) in [4.78, 5) is 25.0. The molecule has 0 aromatic rings. The summed E-state index contributed by atoms with van der Waals surface area (Å²) >= 11 is 0. The molecule has 1 fully saturated rings. The van der Waals surface area contributed by atoms with Crippen LogP contribution in [-0.4, -0.2) is 41.1 Å². The van der Waals surface area contributed by atoms with E-state index in [1.165, 1.54) is 0 Å². The van der Waals surface area contributed by atoms with Crippen LogP contribution in [0.3, 0.4) is 0 Å². The fourth-order valence-electron chi connectivity index (χ4n) is 2.53. The van der Waals surface area contributed by atoms with Gasteiger partial charge in [-0.15, -0.1) is 0 Å². The summed E-state index contributed by atoms with van der Waals surface area (Å²) in [6, 6.07) is 0.121. The van der Waals surface area contributed by atoms with E-state index < -0.39 is 11.9 Å². The average Bonchev–Trinajstić information content (AvgIpc) is 2.68. The molecule has 1 aliphatic rings. The summed E-state index contributed by atoms with van der Waals surface area (Å²) in [6.45, 7) is 9.02. The molecule has 5 heteroatoms. The number of likely N-dealkylation sites (tertiary alicyclic amines) is 1. The topological polar surface area (TPSA) is 69.6 Å². The molecule has 2 N–H and O–H groups in total. The number of amides is 2. The minimum atomic E-state index is -0.843. The second kappa shape index (κ2) is 6.26. The van der Waals surface area contributed by atoms with E-state index in [-0.39, 0.29) is 24.0 Å². The molecule has 1 heterocycles. The van der Waals surface area contributed by atoms with Gasteiger partial charge in [-0.1, -0.05) is 20.8 Å². The highest BCUT2D eigenvalue weighted by atomic mass is 16.4. The summed E-state index contributed by atoms with van der Waals surface area (Å²) in [5.41, 5.74) is -0.0608. The van der Waals surface area contributed by atoms with Gasteiger partial charge in [-0.3, -0.25) is 4.79 Å². The van der Waals surface area contributed by atoms with Crippen molar-refractivity contribution < 1.29 is 14.7 Å². The number of carboxylic acid groups (broad SMARTS) is 1. The Balaban J connectivity index is 2.47. The number of carbonyl (C=O) groups is 2. The van der Waals surface area contributed by atoms with Crippen molar-refractivity contribution in [2.75, 3.05) is 13.1 Å². The van der Waals surface area contributed by atoms with E-state index >= 15 is 0 Å². The molecule has 2 unspecified atom stereocenters. The van der Waals surface area contributed by atoms with Crippen LogP contribution in [0.2, 0.25) is 0 Å². The van der Waals surface area contributed by atoms with Crippen LogP contribution in [-0.2, 0) is 4.79 Å². The Hall–Kier alpha value is -1.26. The third-order valence-electron chi connectivity index (χ3n) is 3.52. The number of urea groups is 1. The quantitative estimate of drug-likeness (QED) is 0.823. The van der Waals surface area contributed by atoms with Gasteiger partial charge < -0.3 is 15.3 Å².